The second-order valence-corrected chi connectivity index (χ2v) is 12.5. The largest absolute Gasteiger partial charge is 0.506 e. The number of fused-ring (bicyclic) bond motifs is 2. The summed E-state index contributed by atoms with van der Waals surface area (Å²) >= 11 is 0. The Balaban J connectivity index is 2.45. The first-order valence-electron chi connectivity index (χ1n) is 13.5. The number of aliphatic hydroxyl groups excluding tert-OH is 1. The van der Waals surface area contributed by atoms with Gasteiger partial charge in [0.05, 0.1) is 5.41 Å². The lowest BCUT2D eigenvalue weighted by molar-refractivity contribution is -0.176. The van der Waals surface area contributed by atoms with Crippen molar-refractivity contribution in [2.24, 2.45) is 22.2 Å². The van der Waals surface area contributed by atoms with Crippen molar-refractivity contribution < 1.29 is 29.7 Å². The number of aliphatic hydroxyl groups is 1. The van der Waals surface area contributed by atoms with Crippen molar-refractivity contribution >= 4 is 23.1 Å². The van der Waals surface area contributed by atoms with E-state index >= 15 is 0 Å². The van der Waals surface area contributed by atoms with Crippen LogP contribution in [0.25, 0.3) is 5.76 Å². The second-order valence-electron chi connectivity index (χ2n) is 12.5. The summed E-state index contributed by atoms with van der Waals surface area (Å²) in [5.41, 5.74) is -1.31. The third-order valence-electron chi connectivity index (χ3n) is 8.79. The number of ketones is 3. The number of phenols is 2. The summed E-state index contributed by atoms with van der Waals surface area (Å²) in [5, 5.41) is 31.3. The highest BCUT2D eigenvalue weighted by Crippen LogP contribution is 2.65. The van der Waals surface area contributed by atoms with Crippen LogP contribution in [0.4, 0.5) is 0 Å². The molecule has 0 aliphatic heterocycles. The van der Waals surface area contributed by atoms with Gasteiger partial charge in [-0.15, -0.1) is 0 Å². The average molecular weight is 535 g/mol. The Morgan fingerprint density at radius 2 is 1.41 bits per heavy atom. The predicted molar refractivity (Wildman–Crippen MR) is 153 cm³/mol. The molecule has 0 amide bonds. The molecule has 6 heteroatoms. The SMILES string of the molecule is CC(C)=CC[C@@H]1C[C@@]2(CC=C(C)C)C(=O)/C(=C(/O)c3ccc(O)c(O)c3)C(=O)[C@](CC=C(C)C)(C2=O)C1(C)C. The molecule has 2 bridgehead atoms. The number of benzene rings is 1. The molecule has 2 aliphatic carbocycles. The van der Waals surface area contributed by atoms with Crippen LogP contribution >= 0.6 is 0 Å². The first-order valence-corrected chi connectivity index (χ1v) is 13.5. The highest BCUT2D eigenvalue weighted by atomic mass is 16.3. The molecule has 3 atom stereocenters. The molecule has 0 spiro atoms. The Kier molecular flexibility index (Phi) is 8.21. The fourth-order valence-corrected chi connectivity index (χ4v) is 6.20. The van der Waals surface area contributed by atoms with Crippen LogP contribution in [0.15, 0.2) is 58.7 Å². The van der Waals surface area contributed by atoms with Gasteiger partial charge in [0.2, 0.25) is 0 Å². The Bertz CT molecular complexity index is 1330. The third kappa shape index (κ3) is 4.90. The van der Waals surface area contributed by atoms with Crippen molar-refractivity contribution in [3.63, 3.8) is 0 Å². The summed E-state index contributed by atoms with van der Waals surface area (Å²) in [6.07, 6.45) is 6.98. The molecule has 0 saturated heterocycles. The molecule has 0 unspecified atom stereocenters. The van der Waals surface area contributed by atoms with E-state index in [1.54, 1.807) is 0 Å². The van der Waals surface area contributed by atoms with Gasteiger partial charge < -0.3 is 15.3 Å². The lowest BCUT2D eigenvalue weighted by atomic mass is 9.38. The Morgan fingerprint density at radius 1 is 0.846 bits per heavy atom. The summed E-state index contributed by atoms with van der Waals surface area (Å²) < 4.78 is 0. The molecule has 2 aliphatic rings. The number of allylic oxidation sites excluding steroid dienone is 7. The number of carbonyl (C=O) groups is 3. The van der Waals surface area contributed by atoms with Crippen molar-refractivity contribution in [2.45, 2.75) is 81.1 Å². The molecule has 2 fully saturated rings. The molecule has 39 heavy (non-hydrogen) atoms. The zero-order chi connectivity index (χ0) is 29.5. The minimum absolute atomic E-state index is 0.0167. The Morgan fingerprint density at radius 3 is 1.95 bits per heavy atom. The number of aromatic hydroxyl groups is 2. The molecule has 210 valence electrons. The van der Waals surface area contributed by atoms with Gasteiger partial charge in [0.25, 0.3) is 0 Å². The zero-order valence-corrected chi connectivity index (χ0v) is 24.4. The molecule has 1 aromatic rings. The molecular weight excluding hydrogens is 492 g/mol. The second kappa shape index (κ2) is 10.6. The third-order valence-corrected chi connectivity index (χ3v) is 8.79. The highest BCUT2D eigenvalue weighted by Gasteiger charge is 2.73. The van der Waals surface area contributed by atoms with E-state index in [1.807, 2.05) is 67.5 Å². The van der Waals surface area contributed by atoms with Gasteiger partial charge in [-0.05, 0) is 96.8 Å². The van der Waals surface area contributed by atoms with Crippen molar-refractivity contribution in [1.82, 2.24) is 0 Å². The molecule has 0 radical (unpaired) electrons. The lowest BCUT2D eigenvalue weighted by Crippen LogP contribution is -2.69. The minimum atomic E-state index is -1.58. The molecule has 6 nitrogen and oxygen atoms in total. The van der Waals surface area contributed by atoms with Crippen LogP contribution in [0.5, 0.6) is 11.5 Å². The molecule has 3 rings (SSSR count). The topological polar surface area (TPSA) is 112 Å². The number of rotatable bonds is 7. The molecule has 0 aromatic heterocycles. The van der Waals surface area contributed by atoms with Crippen molar-refractivity contribution in [3.05, 3.63) is 64.3 Å². The quantitative estimate of drug-likeness (QED) is 0.0853. The maximum Gasteiger partial charge on any atom is 0.184 e. The van der Waals surface area contributed by atoms with Crippen LogP contribution in [0.2, 0.25) is 0 Å². The van der Waals surface area contributed by atoms with Gasteiger partial charge in [0.15, 0.2) is 28.8 Å². The summed E-state index contributed by atoms with van der Waals surface area (Å²) in [7, 11) is 0. The van der Waals surface area contributed by atoms with Crippen LogP contribution < -0.4 is 0 Å². The van der Waals surface area contributed by atoms with Crippen LogP contribution in [0, 0.1) is 22.2 Å². The van der Waals surface area contributed by atoms with E-state index in [0.717, 1.165) is 22.8 Å². The first kappa shape index (κ1) is 30.1. The maximum atomic E-state index is 14.7. The van der Waals surface area contributed by atoms with E-state index in [-0.39, 0.29) is 36.5 Å². The van der Waals surface area contributed by atoms with Crippen molar-refractivity contribution in [3.8, 4) is 11.5 Å². The summed E-state index contributed by atoms with van der Waals surface area (Å²) in [4.78, 5) is 43.7. The van der Waals surface area contributed by atoms with E-state index in [2.05, 4.69) is 6.08 Å². The smallest absolute Gasteiger partial charge is 0.184 e. The highest BCUT2D eigenvalue weighted by molar-refractivity contribution is 6.41. The van der Waals surface area contributed by atoms with E-state index in [9.17, 15) is 29.7 Å². The lowest BCUT2D eigenvalue weighted by Gasteiger charge is -2.60. The van der Waals surface area contributed by atoms with E-state index in [1.165, 1.54) is 12.1 Å². The predicted octanol–water partition coefficient (Wildman–Crippen LogP) is 7.18. The van der Waals surface area contributed by atoms with Crippen LogP contribution in [0.1, 0.15) is 86.6 Å². The van der Waals surface area contributed by atoms with Crippen LogP contribution in [-0.4, -0.2) is 32.7 Å². The molecule has 3 N–H and O–H groups in total. The van der Waals surface area contributed by atoms with Crippen LogP contribution in [0.3, 0.4) is 0 Å². The molecule has 2 saturated carbocycles. The van der Waals surface area contributed by atoms with Crippen molar-refractivity contribution in [2.75, 3.05) is 0 Å². The maximum absolute atomic E-state index is 14.7. The Hall–Kier alpha value is -3.41. The Labute approximate surface area is 231 Å². The molecular formula is C33H42O6. The standard InChI is InChI=1S/C33H42O6/c1-19(2)9-11-23-18-32(15-13-20(3)4)28(37)26(27(36)22-10-12-24(34)25(35)17-22)29(38)33(30(32)39,31(23,7)8)16-14-21(5)6/h9-10,12-14,17,23,34-36H,11,15-16,18H2,1-8H3/b27-26-/t23-,32+,33-/m1/s1. The normalized spacial score (nSPS) is 27.1. The average Bonchev–Trinajstić information content (AvgIpc) is 2.83. The minimum Gasteiger partial charge on any atom is -0.506 e. The van der Waals surface area contributed by atoms with Crippen molar-refractivity contribution in [1.29, 1.82) is 0 Å². The monoisotopic (exact) mass is 534 g/mol. The number of hydrogen-bond acceptors (Lipinski definition) is 6. The number of phenolic OH excluding ortho intramolecular Hbond substituents is 2. The van der Waals surface area contributed by atoms with Gasteiger partial charge in [-0.25, -0.2) is 0 Å². The van der Waals surface area contributed by atoms with E-state index in [0.29, 0.717) is 6.42 Å². The van der Waals surface area contributed by atoms with E-state index < -0.39 is 50.6 Å². The number of carbonyl (C=O) groups excluding carboxylic acids is 3. The number of Topliss-reactive ketones (excluding diaryl/α,β-unsaturated/α-hetero) is 3. The van der Waals surface area contributed by atoms with Gasteiger partial charge >= 0.3 is 0 Å². The number of hydrogen-bond donors (Lipinski definition) is 3. The molecule has 0 heterocycles. The zero-order valence-electron chi connectivity index (χ0n) is 24.4. The summed E-state index contributed by atoms with van der Waals surface area (Å²) in [6.45, 7) is 15.5. The first-order chi connectivity index (χ1) is 18.0. The molecule has 1 aromatic carbocycles. The fourth-order valence-electron chi connectivity index (χ4n) is 6.20. The van der Waals surface area contributed by atoms with Gasteiger partial charge in [-0.1, -0.05) is 48.8 Å². The van der Waals surface area contributed by atoms with Gasteiger partial charge in [0, 0.05) is 5.56 Å². The summed E-state index contributed by atoms with van der Waals surface area (Å²) in [5.74, 6) is -3.35. The van der Waals surface area contributed by atoms with Gasteiger partial charge in [0.1, 0.15) is 16.7 Å². The fraction of sp³-hybridized carbons (Fsp3) is 0.485. The summed E-state index contributed by atoms with van der Waals surface area (Å²) in [6, 6.07) is 3.62. The van der Waals surface area contributed by atoms with Gasteiger partial charge in [-0.3, -0.25) is 14.4 Å². The van der Waals surface area contributed by atoms with Gasteiger partial charge in [-0.2, -0.15) is 0 Å². The van der Waals surface area contributed by atoms with Crippen LogP contribution in [-0.2, 0) is 14.4 Å². The van der Waals surface area contributed by atoms with E-state index in [4.69, 9.17) is 0 Å².